The van der Waals surface area contributed by atoms with Crippen LogP contribution in [0, 0.1) is 5.82 Å². The first-order valence-electron chi connectivity index (χ1n) is 4.51. The first-order chi connectivity index (χ1) is 8.10. The van der Waals surface area contributed by atoms with Gasteiger partial charge in [-0.15, -0.1) is 0 Å². The molecule has 2 rings (SSSR count). The van der Waals surface area contributed by atoms with Crippen molar-refractivity contribution in [1.29, 1.82) is 0 Å². The Bertz CT molecular complexity index is 565. The molecule has 1 aromatic heterocycles. The van der Waals surface area contributed by atoms with Crippen LogP contribution in [0.3, 0.4) is 0 Å². The van der Waals surface area contributed by atoms with Crippen LogP contribution in [0.5, 0.6) is 6.01 Å². The molecule has 88 valence electrons. The van der Waals surface area contributed by atoms with E-state index in [2.05, 4.69) is 15.0 Å². The van der Waals surface area contributed by atoms with E-state index >= 15 is 0 Å². The second kappa shape index (κ2) is 4.81. The maximum Gasteiger partial charge on any atom is 0.321 e. The molecule has 0 atom stereocenters. The van der Waals surface area contributed by atoms with E-state index in [1.807, 2.05) is 0 Å². The molecule has 0 aliphatic rings. The lowest BCUT2D eigenvalue weighted by molar-refractivity contribution is 0.379. The summed E-state index contributed by atoms with van der Waals surface area (Å²) < 4.78 is 17.9. The number of methoxy groups -OCH3 is 1. The Morgan fingerprint density at radius 1 is 1.18 bits per heavy atom. The fourth-order valence-electron chi connectivity index (χ4n) is 1.19. The van der Waals surface area contributed by atoms with Crippen LogP contribution < -0.4 is 4.74 Å². The van der Waals surface area contributed by atoms with Crippen LogP contribution in [0.2, 0.25) is 10.3 Å². The van der Waals surface area contributed by atoms with Crippen LogP contribution in [0.25, 0.3) is 11.4 Å². The van der Waals surface area contributed by atoms with Gasteiger partial charge in [-0.05, 0) is 29.8 Å². The van der Waals surface area contributed by atoms with Gasteiger partial charge >= 0.3 is 6.01 Å². The lowest BCUT2D eigenvalue weighted by atomic mass is 10.2. The maximum absolute atomic E-state index is 13.0. The summed E-state index contributed by atoms with van der Waals surface area (Å²) in [5.41, 5.74) is 0.527. The van der Waals surface area contributed by atoms with Crippen LogP contribution in [-0.4, -0.2) is 22.1 Å². The van der Waals surface area contributed by atoms with E-state index < -0.39 is 5.82 Å². The maximum atomic E-state index is 13.0. The van der Waals surface area contributed by atoms with Crippen LogP contribution in [0.4, 0.5) is 4.39 Å². The summed E-state index contributed by atoms with van der Waals surface area (Å²) in [6, 6.07) is 4.20. The van der Waals surface area contributed by atoms with Gasteiger partial charge in [-0.3, -0.25) is 0 Å². The SMILES string of the molecule is COc1nc(Cl)nc(-c2ccc(F)c(Cl)c2)n1. The minimum atomic E-state index is -0.512. The van der Waals surface area contributed by atoms with Gasteiger partial charge in [0.2, 0.25) is 5.28 Å². The highest BCUT2D eigenvalue weighted by Crippen LogP contribution is 2.23. The molecular formula is C10H6Cl2FN3O. The van der Waals surface area contributed by atoms with Crippen molar-refractivity contribution in [3.05, 3.63) is 34.3 Å². The van der Waals surface area contributed by atoms with E-state index in [9.17, 15) is 4.39 Å². The number of aromatic nitrogens is 3. The number of hydrogen-bond donors (Lipinski definition) is 0. The average molecular weight is 274 g/mol. The van der Waals surface area contributed by atoms with Crippen molar-refractivity contribution in [2.75, 3.05) is 7.11 Å². The number of benzene rings is 1. The zero-order chi connectivity index (χ0) is 12.4. The summed E-state index contributed by atoms with van der Waals surface area (Å²) in [5, 5.41) is -0.0229. The van der Waals surface area contributed by atoms with Crippen LogP contribution >= 0.6 is 23.2 Å². The van der Waals surface area contributed by atoms with Gasteiger partial charge in [0.15, 0.2) is 5.82 Å². The second-order valence-corrected chi connectivity index (χ2v) is 3.79. The van der Waals surface area contributed by atoms with Crippen molar-refractivity contribution >= 4 is 23.2 Å². The topological polar surface area (TPSA) is 47.9 Å². The second-order valence-electron chi connectivity index (χ2n) is 3.04. The molecule has 0 aliphatic heterocycles. The number of rotatable bonds is 2. The quantitative estimate of drug-likeness (QED) is 0.844. The van der Waals surface area contributed by atoms with Gasteiger partial charge in [-0.25, -0.2) is 4.39 Å². The Balaban J connectivity index is 2.52. The molecule has 0 saturated carbocycles. The molecule has 0 saturated heterocycles. The third kappa shape index (κ3) is 2.62. The highest BCUT2D eigenvalue weighted by molar-refractivity contribution is 6.31. The number of halogens is 3. The summed E-state index contributed by atoms with van der Waals surface area (Å²) >= 11 is 11.4. The van der Waals surface area contributed by atoms with Crippen LogP contribution in [0.1, 0.15) is 0 Å². The molecule has 0 spiro atoms. The standard InChI is InChI=1S/C10H6Cl2FN3O/c1-17-10-15-8(14-9(12)16-10)5-2-3-7(13)6(11)4-5/h2-4H,1H3. The Morgan fingerprint density at radius 2 is 1.94 bits per heavy atom. The molecular weight excluding hydrogens is 268 g/mol. The molecule has 0 fully saturated rings. The Morgan fingerprint density at radius 3 is 2.59 bits per heavy atom. The molecule has 7 heteroatoms. The van der Waals surface area contributed by atoms with Gasteiger partial charge in [-0.1, -0.05) is 11.6 Å². The lowest BCUT2D eigenvalue weighted by Crippen LogP contribution is -1.98. The third-order valence-corrected chi connectivity index (χ3v) is 2.41. The minimum absolute atomic E-state index is 0.00713. The molecule has 0 aliphatic carbocycles. The normalized spacial score (nSPS) is 10.4. The van der Waals surface area contributed by atoms with Gasteiger partial charge in [0, 0.05) is 5.56 Å². The zero-order valence-corrected chi connectivity index (χ0v) is 10.1. The number of nitrogens with zero attached hydrogens (tertiary/aromatic N) is 3. The minimum Gasteiger partial charge on any atom is -0.467 e. The van der Waals surface area contributed by atoms with E-state index in [1.54, 1.807) is 0 Å². The summed E-state index contributed by atoms with van der Waals surface area (Å²) in [4.78, 5) is 11.6. The Labute approximate surface area is 106 Å². The highest BCUT2D eigenvalue weighted by Gasteiger charge is 2.09. The molecule has 0 unspecified atom stereocenters. The number of hydrogen-bond acceptors (Lipinski definition) is 4. The fraction of sp³-hybridized carbons (Fsp3) is 0.100. The van der Waals surface area contributed by atoms with Crippen molar-refractivity contribution in [3.8, 4) is 17.4 Å². The van der Waals surface area contributed by atoms with Crippen LogP contribution in [-0.2, 0) is 0 Å². The van der Waals surface area contributed by atoms with E-state index in [0.29, 0.717) is 5.56 Å². The Kier molecular flexibility index (Phi) is 3.40. The van der Waals surface area contributed by atoms with Gasteiger partial charge in [-0.2, -0.15) is 15.0 Å². The van der Waals surface area contributed by atoms with Crippen molar-refractivity contribution in [3.63, 3.8) is 0 Å². The Hall–Kier alpha value is -1.46. The molecule has 0 radical (unpaired) electrons. The fourth-order valence-corrected chi connectivity index (χ4v) is 1.52. The van der Waals surface area contributed by atoms with Crippen LogP contribution in [0.15, 0.2) is 18.2 Å². The van der Waals surface area contributed by atoms with Crippen molar-refractivity contribution in [2.24, 2.45) is 0 Å². The summed E-state index contributed by atoms with van der Waals surface area (Å²) in [7, 11) is 1.41. The molecule has 1 heterocycles. The van der Waals surface area contributed by atoms with Gasteiger partial charge in [0.05, 0.1) is 12.1 Å². The predicted molar refractivity (Wildman–Crippen MR) is 61.8 cm³/mol. The van der Waals surface area contributed by atoms with E-state index in [-0.39, 0.29) is 22.1 Å². The van der Waals surface area contributed by atoms with Gasteiger partial charge < -0.3 is 4.74 Å². The monoisotopic (exact) mass is 273 g/mol. The molecule has 1 aromatic carbocycles. The van der Waals surface area contributed by atoms with Crippen molar-refractivity contribution in [1.82, 2.24) is 15.0 Å². The van der Waals surface area contributed by atoms with E-state index in [0.717, 1.165) is 0 Å². The van der Waals surface area contributed by atoms with Gasteiger partial charge in [0.1, 0.15) is 5.82 Å². The molecule has 2 aromatic rings. The molecule has 4 nitrogen and oxygen atoms in total. The number of ether oxygens (including phenoxy) is 1. The smallest absolute Gasteiger partial charge is 0.321 e. The lowest BCUT2D eigenvalue weighted by Gasteiger charge is -2.03. The molecule has 17 heavy (non-hydrogen) atoms. The van der Waals surface area contributed by atoms with E-state index in [1.165, 1.54) is 25.3 Å². The van der Waals surface area contributed by atoms with E-state index in [4.69, 9.17) is 27.9 Å². The first-order valence-corrected chi connectivity index (χ1v) is 5.26. The van der Waals surface area contributed by atoms with Crippen molar-refractivity contribution in [2.45, 2.75) is 0 Å². The molecule has 0 amide bonds. The first kappa shape index (κ1) is 12.0. The zero-order valence-electron chi connectivity index (χ0n) is 8.62. The van der Waals surface area contributed by atoms with Gasteiger partial charge in [0.25, 0.3) is 0 Å². The molecule has 0 bridgehead atoms. The largest absolute Gasteiger partial charge is 0.467 e. The summed E-state index contributed by atoms with van der Waals surface area (Å²) in [6.07, 6.45) is 0. The predicted octanol–water partition coefficient (Wildman–Crippen LogP) is 2.99. The summed E-state index contributed by atoms with van der Waals surface area (Å²) in [5.74, 6) is -0.244. The highest BCUT2D eigenvalue weighted by atomic mass is 35.5. The van der Waals surface area contributed by atoms with Crippen molar-refractivity contribution < 1.29 is 9.13 Å². The average Bonchev–Trinajstić information content (AvgIpc) is 2.32. The third-order valence-electron chi connectivity index (χ3n) is 1.95. The molecule has 0 N–H and O–H groups in total. The summed E-state index contributed by atoms with van der Waals surface area (Å²) in [6.45, 7) is 0.